The minimum Gasteiger partial charge on any atom is -0.481 e. The highest BCUT2D eigenvalue weighted by molar-refractivity contribution is 5.71. The quantitative estimate of drug-likeness (QED) is 0.816. The van der Waals surface area contributed by atoms with E-state index in [0.717, 1.165) is 11.1 Å². The van der Waals surface area contributed by atoms with E-state index in [4.69, 9.17) is 10.4 Å². The second kappa shape index (κ2) is 4.97. The lowest BCUT2D eigenvalue weighted by atomic mass is 10.0. The molecule has 0 aromatic heterocycles. The number of rotatable bonds is 3. The molecule has 0 heterocycles. The van der Waals surface area contributed by atoms with Gasteiger partial charge in [0.25, 0.3) is 0 Å². The maximum atomic E-state index is 10.3. The summed E-state index contributed by atoms with van der Waals surface area (Å²) in [6, 6.07) is 7.51. The van der Waals surface area contributed by atoms with E-state index < -0.39 is 5.97 Å². The van der Waals surface area contributed by atoms with E-state index in [-0.39, 0.29) is 6.42 Å². The van der Waals surface area contributed by atoms with Gasteiger partial charge >= 0.3 is 5.97 Å². The Hall–Kier alpha value is -2.08. The van der Waals surface area contributed by atoms with Gasteiger partial charge in [-0.3, -0.25) is 4.79 Å². The van der Waals surface area contributed by atoms with Crippen LogP contribution in [0.25, 0.3) is 6.08 Å². The summed E-state index contributed by atoms with van der Waals surface area (Å²) in [7, 11) is 0. The van der Waals surface area contributed by atoms with Gasteiger partial charge in [-0.1, -0.05) is 29.8 Å². The second-order valence-corrected chi connectivity index (χ2v) is 3.20. The van der Waals surface area contributed by atoms with E-state index in [1.54, 1.807) is 12.1 Å². The molecule has 0 fully saturated rings. The van der Waals surface area contributed by atoms with Crippen LogP contribution in [0.1, 0.15) is 23.1 Å². The lowest BCUT2D eigenvalue weighted by Gasteiger charge is -1.99. The number of aliphatic carboxylic acids is 1. The van der Waals surface area contributed by atoms with Gasteiger partial charge in [0.05, 0.1) is 18.1 Å². The van der Waals surface area contributed by atoms with Crippen LogP contribution in [-0.4, -0.2) is 11.1 Å². The topological polar surface area (TPSA) is 61.1 Å². The molecule has 1 N–H and O–H groups in total. The van der Waals surface area contributed by atoms with Gasteiger partial charge in [-0.15, -0.1) is 0 Å². The Labute approximate surface area is 88.3 Å². The fraction of sp³-hybridized carbons (Fsp3) is 0.167. The first-order chi connectivity index (χ1) is 7.13. The first-order valence-corrected chi connectivity index (χ1v) is 4.52. The Balaban J connectivity index is 2.93. The first kappa shape index (κ1) is 11.0. The Morgan fingerprint density at radius 3 is 2.93 bits per heavy atom. The molecule has 1 aromatic rings. The number of nitrogens with zero attached hydrogens (tertiary/aromatic N) is 1. The molecule has 15 heavy (non-hydrogen) atoms. The van der Waals surface area contributed by atoms with Crippen molar-refractivity contribution in [1.29, 1.82) is 5.26 Å². The molecule has 0 amide bonds. The van der Waals surface area contributed by atoms with Gasteiger partial charge in [0.2, 0.25) is 0 Å². The Bertz CT molecular complexity index is 441. The standard InChI is InChI=1S/C12H11NO2/c1-9-5-6-11(8-13)10(7-9)3-2-4-12(14)15/h2-3,5-7H,4H2,1H3,(H,14,15). The van der Waals surface area contributed by atoms with Gasteiger partial charge in [0, 0.05) is 0 Å². The zero-order valence-corrected chi connectivity index (χ0v) is 8.40. The van der Waals surface area contributed by atoms with Crippen molar-refractivity contribution in [2.75, 3.05) is 0 Å². The molecule has 0 spiro atoms. The van der Waals surface area contributed by atoms with E-state index in [1.165, 1.54) is 6.08 Å². The predicted octanol–water partition coefficient (Wildman–Crippen LogP) is 2.35. The summed E-state index contributed by atoms with van der Waals surface area (Å²) in [5.41, 5.74) is 2.37. The van der Waals surface area contributed by atoms with Crippen molar-refractivity contribution in [3.8, 4) is 6.07 Å². The molecule has 1 aromatic carbocycles. The van der Waals surface area contributed by atoms with Crippen LogP contribution < -0.4 is 0 Å². The Morgan fingerprint density at radius 1 is 1.60 bits per heavy atom. The number of benzene rings is 1. The van der Waals surface area contributed by atoms with Crippen LogP contribution in [0.5, 0.6) is 0 Å². The lowest BCUT2D eigenvalue weighted by molar-refractivity contribution is -0.135. The van der Waals surface area contributed by atoms with Crippen LogP contribution in [0, 0.1) is 18.3 Å². The monoisotopic (exact) mass is 201 g/mol. The van der Waals surface area contributed by atoms with E-state index in [1.807, 2.05) is 19.1 Å². The maximum Gasteiger partial charge on any atom is 0.307 e. The molecule has 0 bridgehead atoms. The van der Waals surface area contributed by atoms with Crippen LogP contribution in [-0.2, 0) is 4.79 Å². The number of carboxylic acids is 1. The zero-order valence-electron chi connectivity index (χ0n) is 8.40. The average Bonchev–Trinajstić information content (AvgIpc) is 2.17. The van der Waals surface area contributed by atoms with E-state index in [0.29, 0.717) is 5.56 Å². The third-order valence-electron chi connectivity index (χ3n) is 1.92. The first-order valence-electron chi connectivity index (χ1n) is 4.52. The van der Waals surface area contributed by atoms with Crippen molar-refractivity contribution in [2.45, 2.75) is 13.3 Å². The Morgan fingerprint density at radius 2 is 2.33 bits per heavy atom. The molecule has 0 saturated carbocycles. The van der Waals surface area contributed by atoms with Crippen molar-refractivity contribution in [3.63, 3.8) is 0 Å². The van der Waals surface area contributed by atoms with Crippen LogP contribution in [0.3, 0.4) is 0 Å². The SMILES string of the molecule is Cc1ccc(C#N)c(C=CCC(=O)O)c1. The molecule has 0 saturated heterocycles. The number of nitriles is 1. The summed E-state index contributed by atoms with van der Waals surface area (Å²) in [4.78, 5) is 10.3. The summed E-state index contributed by atoms with van der Waals surface area (Å²) >= 11 is 0. The van der Waals surface area contributed by atoms with Gasteiger partial charge in [0.15, 0.2) is 0 Å². The molecule has 3 heteroatoms. The van der Waals surface area contributed by atoms with Crippen molar-refractivity contribution in [2.24, 2.45) is 0 Å². The largest absolute Gasteiger partial charge is 0.481 e. The molecule has 0 aliphatic carbocycles. The van der Waals surface area contributed by atoms with E-state index >= 15 is 0 Å². The summed E-state index contributed by atoms with van der Waals surface area (Å²) in [6.45, 7) is 1.93. The number of hydrogen-bond acceptors (Lipinski definition) is 2. The average molecular weight is 201 g/mol. The maximum absolute atomic E-state index is 10.3. The molecule has 0 atom stereocenters. The molecule has 0 aliphatic rings. The molecule has 0 unspecified atom stereocenters. The minimum atomic E-state index is -0.877. The normalized spacial score (nSPS) is 10.1. The van der Waals surface area contributed by atoms with Crippen molar-refractivity contribution >= 4 is 12.0 Å². The van der Waals surface area contributed by atoms with Crippen LogP contribution in [0.4, 0.5) is 0 Å². The second-order valence-electron chi connectivity index (χ2n) is 3.20. The van der Waals surface area contributed by atoms with Gasteiger partial charge in [-0.2, -0.15) is 5.26 Å². The third-order valence-corrected chi connectivity index (χ3v) is 1.92. The highest BCUT2D eigenvalue weighted by atomic mass is 16.4. The fourth-order valence-electron chi connectivity index (χ4n) is 1.21. The molecule has 1 rings (SSSR count). The highest BCUT2D eigenvalue weighted by Gasteiger charge is 1.98. The van der Waals surface area contributed by atoms with Crippen LogP contribution >= 0.6 is 0 Å². The summed E-state index contributed by atoms with van der Waals surface area (Å²) in [5.74, 6) is -0.877. The lowest BCUT2D eigenvalue weighted by Crippen LogP contribution is -1.90. The number of hydrogen-bond donors (Lipinski definition) is 1. The molecule has 0 radical (unpaired) electrons. The van der Waals surface area contributed by atoms with Crippen molar-refractivity contribution in [1.82, 2.24) is 0 Å². The third kappa shape index (κ3) is 3.28. The van der Waals surface area contributed by atoms with Gasteiger partial charge in [-0.25, -0.2) is 0 Å². The molecular formula is C12H11NO2. The highest BCUT2D eigenvalue weighted by Crippen LogP contribution is 2.12. The summed E-state index contributed by atoms with van der Waals surface area (Å²) < 4.78 is 0. The van der Waals surface area contributed by atoms with E-state index in [9.17, 15) is 4.79 Å². The number of aryl methyl sites for hydroxylation is 1. The number of carbonyl (C=O) groups is 1. The molecule has 76 valence electrons. The smallest absolute Gasteiger partial charge is 0.307 e. The van der Waals surface area contributed by atoms with Gasteiger partial charge in [0.1, 0.15) is 0 Å². The summed E-state index contributed by atoms with van der Waals surface area (Å²) in [6.07, 6.45) is 3.18. The zero-order chi connectivity index (χ0) is 11.3. The molecule has 0 aliphatic heterocycles. The summed E-state index contributed by atoms with van der Waals surface area (Å²) in [5, 5.41) is 17.3. The molecular weight excluding hydrogens is 190 g/mol. The van der Waals surface area contributed by atoms with Gasteiger partial charge in [-0.05, 0) is 18.6 Å². The van der Waals surface area contributed by atoms with Crippen LogP contribution in [0.15, 0.2) is 24.3 Å². The van der Waals surface area contributed by atoms with Crippen molar-refractivity contribution < 1.29 is 9.90 Å². The number of carboxylic acid groups (broad SMARTS) is 1. The Kier molecular flexibility index (Phi) is 3.64. The predicted molar refractivity (Wildman–Crippen MR) is 57.2 cm³/mol. The van der Waals surface area contributed by atoms with Crippen LogP contribution in [0.2, 0.25) is 0 Å². The fourth-order valence-corrected chi connectivity index (χ4v) is 1.21. The van der Waals surface area contributed by atoms with Crippen molar-refractivity contribution in [3.05, 3.63) is 41.0 Å². The van der Waals surface area contributed by atoms with Gasteiger partial charge < -0.3 is 5.11 Å². The van der Waals surface area contributed by atoms with E-state index in [2.05, 4.69) is 6.07 Å². The minimum absolute atomic E-state index is 0.0290. The molecule has 3 nitrogen and oxygen atoms in total.